The Morgan fingerprint density at radius 3 is 2.53 bits per heavy atom. The first-order valence-corrected chi connectivity index (χ1v) is 9.86. The van der Waals surface area contributed by atoms with Crippen molar-refractivity contribution >= 4 is 56.3 Å². The fourth-order valence-electron chi connectivity index (χ4n) is 3.62. The van der Waals surface area contributed by atoms with Gasteiger partial charge in [0, 0.05) is 24.0 Å². The van der Waals surface area contributed by atoms with Crippen LogP contribution in [0.1, 0.15) is 6.42 Å². The van der Waals surface area contributed by atoms with Gasteiger partial charge >= 0.3 is 0 Å². The van der Waals surface area contributed by atoms with Gasteiger partial charge in [-0.25, -0.2) is 14.4 Å². The molecule has 0 aliphatic rings. The molecule has 0 atom stereocenters. The third-order valence-corrected chi connectivity index (χ3v) is 5.31. The minimum absolute atomic E-state index is 0.0302. The molecule has 5 nitrogen and oxygen atoms in total. The van der Waals surface area contributed by atoms with Gasteiger partial charge < -0.3 is 9.88 Å². The summed E-state index contributed by atoms with van der Waals surface area (Å²) in [4.78, 5) is 22.1. The molecule has 5 rings (SSSR count). The summed E-state index contributed by atoms with van der Waals surface area (Å²) < 4.78 is 15.3. The Hall–Kier alpha value is -3.51. The third kappa shape index (κ3) is 3.25. The zero-order valence-corrected chi connectivity index (χ0v) is 16.5. The van der Waals surface area contributed by atoms with Gasteiger partial charge in [-0.2, -0.15) is 0 Å². The summed E-state index contributed by atoms with van der Waals surface area (Å²) in [7, 11) is 0. The zero-order valence-electron chi connectivity index (χ0n) is 15.8. The van der Waals surface area contributed by atoms with E-state index in [2.05, 4.69) is 5.32 Å². The molecule has 0 spiro atoms. The maximum absolute atomic E-state index is 13.3. The number of aromatic nitrogens is 3. The van der Waals surface area contributed by atoms with Crippen LogP contribution in [0.4, 0.5) is 10.1 Å². The second kappa shape index (κ2) is 7.39. The highest BCUT2D eigenvalue weighted by molar-refractivity contribution is 6.31. The largest absolute Gasteiger partial charge is 0.326 e. The van der Waals surface area contributed by atoms with E-state index in [4.69, 9.17) is 21.6 Å². The molecule has 2 aromatic heterocycles. The van der Waals surface area contributed by atoms with Crippen LogP contribution in [-0.4, -0.2) is 20.4 Å². The monoisotopic (exact) mass is 418 g/mol. The van der Waals surface area contributed by atoms with Gasteiger partial charge in [0.25, 0.3) is 0 Å². The number of halogens is 2. The number of fused-ring (bicyclic) bond motifs is 4. The normalized spacial score (nSPS) is 11.4. The fraction of sp³-hybridized carbons (Fsp3) is 0.0870. The van der Waals surface area contributed by atoms with Crippen molar-refractivity contribution < 1.29 is 9.18 Å². The number of rotatable bonds is 4. The number of nitrogens with zero attached hydrogens (tertiary/aromatic N) is 3. The molecule has 3 aromatic carbocycles. The van der Waals surface area contributed by atoms with Crippen molar-refractivity contribution in [2.24, 2.45) is 0 Å². The molecule has 0 fully saturated rings. The van der Waals surface area contributed by atoms with Crippen LogP contribution in [-0.2, 0) is 11.3 Å². The minimum atomic E-state index is -0.522. The summed E-state index contributed by atoms with van der Waals surface area (Å²) in [5.41, 5.74) is 4.63. The SMILES string of the molecule is O=C(CCn1c2ccccc2c2nc3ccccc3nc21)Nc1ccc(F)c(Cl)c1. The average Bonchev–Trinajstić information content (AvgIpc) is 3.06. The first-order chi connectivity index (χ1) is 14.6. The third-order valence-electron chi connectivity index (χ3n) is 5.02. The molecule has 0 aliphatic heterocycles. The van der Waals surface area contributed by atoms with Crippen LogP contribution >= 0.6 is 11.6 Å². The second-order valence-electron chi connectivity index (χ2n) is 6.98. The number of anilines is 1. The lowest BCUT2D eigenvalue weighted by molar-refractivity contribution is -0.116. The van der Waals surface area contributed by atoms with Gasteiger partial charge in [0.15, 0.2) is 5.65 Å². The molecule has 30 heavy (non-hydrogen) atoms. The highest BCUT2D eigenvalue weighted by Gasteiger charge is 2.15. The molecule has 0 radical (unpaired) electrons. The molecule has 7 heteroatoms. The van der Waals surface area contributed by atoms with Crippen molar-refractivity contribution in [2.75, 3.05) is 5.32 Å². The van der Waals surface area contributed by atoms with Crippen LogP contribution < -0.4 is 5.32 Å². The molecule has 0 saturated heterocycles. The van der Waals surface area contributed by atoms with Gasteiger partial charge in [-0.1, -0.05) is 41.9 Å². The van der Waals surface area contributed by atoms with Crippen molar-refractivity contribution in [3.05, 3.63) is 77.6 Å². The standard InChI is InChI=1S/C23H16ClFN4O/c24-16-13-14(9-10-17(16)25)26-21(30)11-12-29-20-8-4-1-5-15(20)22-23(29)28-19-7-3-2-6-18(19)27-22/h1-10,13H,11-12H2,(H,26,30). The van der Waals surface area contributed by atoms with Crippen molar-refractivity contribution in [2.45, 2.75) is 13.0 Å². The second-order valence-corrected chi connectivity index (χ2v) is 7.39. The number of hydrogen-bond acceptors (Lipinski definition) is 3. The van der Waals surface area contributed by atoms with Crippen molar-refractivity contribution in [1.29, 1.82) is 0 Å². The first-order valence-electron chi connectivity index (χ1n) is 9.49. The van der Waals surface area contributed by atoms with Crippen LogP contribution in [0.5, 0.6) is 0 Å². The molecular formula is C23H16ClFN4O. The maximum atomic E-state index is 13.3. The fourth-order valence-corrected chi connectivity index (χ4v) is 3.80. The lowest BCUT2D eigenvalue weighted by Gasteiger charge is -2.09. The first kappa shape index (κ1) is 18.5. The maximum Gasteiger partial charge on any atom is 0.226 e. The van der Waals surface area contributed by atoms with Gasteiger partial charge in [-0.15, -0.1) is 0 Å². The van der Waals surface area contributed by atoms with E-state index in [0.717, 1.165) is 33.1 Å². The summed E-state index contributed by atoms with van der Waals surface area (Å²) in [5.74, 6) is -0.719. The van der Waals surface area contributed by atoms with Gasteiger partial charge in [0.2, 0.25) is 5.91 Å². The molecule has 0 aliphatic carbocycles. The lowest BCUT2D eigenvalue weighted by atomic mass is 10.2. The van der Waals surface area contributed by atoms with Crippen LogP contribution in [0, 0.1) is 5.82 Å². The Labute approximate surface area is 176 Å². The van der Waals surface area contributed by atoms with Crippen molar-refractivity contribution in [3.8, 4) is 0 Å². The zero-order chi connectivity index (χ0) is 20.7. The molecule has 5 aromatic rings. The molecule has 2 heterocycles. The van der Waals surface area contributed by atoms with E-state index in [9.17, 15) is 9.18 Å². The molecule has 148 valence electrons. The topological polar surface area (TPSA) is 59.8 Å². The summed E-state index contributed by atoms with van der Waals surface area (Å²) in [6.07, 6.45) is 0.220. The molecule has 1 N–H and O–H groups in total. The quantitative estimate of drug-likeness (QED) is 0.415. The lowest BCUT2D eigenvalue weighted by Crippen LogP contribution is -2.14. The van der Waals surface area contributed by atoms with E-state index in [1.807, 2.05) is 53.1 Å². The predicted octanol–water partition coefficient (Wildman–Crippen LogP) is 5.56. The number of aryl methyl sites for hydroxylation is 1. The van der Waals surface area contributed by atoms with E-state index in [0.29, 0.717) is 12.2 Å². The van der Waals surface area contributed by atoms with Gasteiger partial charge in [-0.3, -0.25) is 4.79 Å². The number of hydrogen-bond donors (Lipinski definition) is 1. The Morgan fingerprint density at radius 1 is 1.00 bits per heavy atom. The number of benzene rings is 3. The van der Waals surface area contributed by atoms with E-state index in [1.54, 1.807) is 0 Å². The molecule has 0 bridgehead atoms. The van der Waals surface area contributed by atoms with Gasteiger partial charge in [0.1, 0.15) is 11.3 Å². The number of carbonyl (C=O) groups excluding carboxylic acids is 1. The van der Waals surface area contributed by atoms with E-state index in [1.165, 1.54) is 18.2 Å². The average molecular weight is 419 g/mol. The van der Waals surface area contributed by atoms with Crippen molar-refractivity contribution in [1.82, 2.24) is 14.5 Å². The molecule has 0 saturated carbocycles. The molecule has 1 amide bonds. The molecular weight excluding hydrogens is 403 g/mol. The molecule has 0 unspecified atom stereocenters. The highest BCUT2D eigenvalue weighted by atomic mass is 35.5. The summed E-state index contributed by atoms with van der Waals surface area (Å²) >= 11 is 5.79. The van der Waals surface area contributed by atoms with E-state index >= 15 is 0 Å². The Morgan fingerprint density at radius 2 is 1.73 bits per heavy atom. The Kier molecular flexibility index (Phi) is 4.56. The number of carbonyl (C=O) groups is 1. The van der Waals surface area contributed by atoms with Crippen LogP contribution in [0.3, 0.4) is 0 Å². The van der Waals surface area contributed by atoms with E-state index in [-0.39, 0.29) is 17.4 Å². The minimum Gasteiger partial charge on any atom is -0.326 e. The predicted molar refractivity (Wildman–Crippen MR) is 117 cm³/mol. The van der Waals surface area contributed by atoms with Gasteiger partial charge in [0.05, 0.1) is 21.6 Å². The van der Waals surface area contributed by atoms with Crippen LogP contribution in [0.2, 0.25) is 5.02 Å². The summed E-state index contributed by atoms with van der Waals surface area (Å²) in [5, 5.41) is 3.73. The Bertz CT molecular complexity index is 1430. The Balaban J connectivity index is 1.49. The number of para-hydroxylation sites is 3. The van der Waals surface area contributed by atoms with Crippen LogP contribution in [0.25, 0.3) is 33.1 Å². The number of amides is 1. The highest BCUT2D eigenvalue weighted by Crippen LogP contribution is 2.28. The summed E-state index contributed by atoms with van der Waals surface area (Å²) in [6.45, 7) is 0.428. The number of nitrogens with one attached hydrogen (secondary N) is 1. The van der Waals surface area contributed by atoms with Crippen LogP contribution in [0.15, 0.2) is 66.7 Å². The van der Waals surface area contributed by atoms with Crippen molar-refractivity contribution in [3.63, 3.8) is 0 Å². The smallest absolute Gasteiger partial charge is 0.226 e. The van der Waals surface area contributed by atoms with E-state index < -0.39 is 5.82 Å². The summed E-state index contributed by atoms with van der Waals surface area (Å²) in [6, 6.07) is 19.8. The van der Waals surface area contributed by atoms with Gasteiger partial charge in [-0.05, 0) is 36.4 Å².